The summed E-state index contributed by atoms with van der Waals surface area (Å²) in [5, 5.41) is 7.06. The van der Waals surface area contributed by atoms with Crippen LogP contribution in [0.2, 0.25) is 0 Å². The molecule has 6 nitrogen and oxygen atoms in total. The quantitative estimate of drug-likeness (QED) is 0.926. The fourth-order valence-corrected chi connectivity index (χ4v) is 2.64. The van der Waals surface area contributed by atoms with Crippen LogP contribution in [-0.2, 0) is 4.74 Å². The van der Waals surface area contributed by atoms with E-state index in [4.69, 9.17) is 4.74 Å². The minimum absolute atomic E-state index is 0.123. The highest BCUT2D eigenvalue weighted by atomic mass is 79.9. The first-order valence-electron chi connectivity index (χ1n) is 6.14. The molecule has 3 rings (SSSR count). The van der Waals surface area contributed by atoms with Gasteiger partial charge >= 0.3 is 0 Å². The third-order valence-corrected chi connectivity index (χ3v) is 3.80. The van der Waals surface area contributed by atoms with Crippen LogP contribution >= 0.6 is 15.9 Å². The van der Waals surface area contributed by atoms with Crippen molar-refractivity contribution in [2.24, 2.45) is 0 Å². The number of hydrogen-bond donors (Lipinski definition) is 1. The maximum absolute atomic E-state index is 12.1. The predicted octanol–water partition coefficient (Wildman–Crippen LogP) is 1.40. The Morgan fingerprint density at radius 1 is 1.63 bits per heavy atom. The molecule has 0 aromatic carbocycles. The molecule has 0 radical (unpaired) electrons. The minimum Gasteiger partial charge on any atom is -0.376 e. The second-order valence-corrected chi connectivity index (χ2v) is 5.19. The van der Waals surface area contributed by atoms with Crippen molar-refractivity contribution >= 4 is 27.5 Å². The molecule has 1 aliphatic heterocycles. The predicted molar refractivity (Wildman–Crippen MR) is 72.0 cm³/mol. The highest BCUT2D eigenvalue weighted by molar-refractivity contribution is 9.10. The van der Waals surface area contributed by atoms with Crippen molar-refractivity contribution in [3.8, 4) is 0 Å². The highest BCUT2D eigenvalue weighted by Gasteiger charge is 2.21. The molecule has 0 saturated carbocycles. The monoisotopic (exact) mass is 324 g/mol. The van der Waals surface area contributed by atoms with Gasteiger partial charge in [-0.25, -0.2) is 9.50 Å². The maximum atomic E-state index is 12.1. The van der Waals surface area contributed by atoms with Crippen LogP contribution in [0.5, 0.6) is 0 Å². The largest absolute Gasteiger partial charge is 0.376 e. The van der Waals surface area contributed by atoms with Crippen molar-refractivity contribution in [2.45, 2.75) is 18.9 Å². The van der Waals surface area contributed by atoms with Gasteiger partial charge in [0.1, 0.15) is 0 Å². The van der Waals surface area contributed by atoms with Gasteiger partial charge in [0.25, 0.3) is 5.91 Å². The number of amides is 1. The van der Waals surface area contributed by atoms with E-state index < -0.39 is 0 Å². The molecule has 1 amide bonds. The average molecular weight is 325 g/mol. The molecule has 2 aromatic rings. The molecule has 100 valence electrons. The molecule has 1 atom stereocenters. The molecular formula is C12H13BrN4O2. The number of carbonyl (C=O) groups is 1. The summed E-state index contributed by atoms with van der Waals surface area (Å²) < 4.78 is 7.65. The van der Waals surface area contributed by atoms with Crippen molar-refractivity contribution in [3.63, 3.8) is 0 Å². The van der Waals surface area contributed by atoms with Crippen LogP contribution in [0.25, 0.3) is 5.65 Å². The van der Waals surface area contributed by atoms with Gasteiger partial charge in [0, 0.05) is 25.5 Å². The molecule has 3 heterocycles. The van der Waals surface area contributed by atoms with Gasteiger partial charge in [-0.1, -0.05) is 0 Å². The van der Waals surface area contributed by atoms with Gasteiger partial charge in [0.05, 0.1) is 10.6 Å². The second kappa shape index (κ2) is 5.26. The number of halogens is 1. The molecule has 0 bridgehead atoms. The van der Waals surface area contributed by atoms with Crippen LogP contribution in [0, 0.1) is 0 Å². The van der Waals surface area contributed by atoms with E-state index in [1.54, 1.807) is 23.0 Å². The zero-order valence-corrected chi connectivity index (χ0v) is 11.8. The number of hydrogen-bond acceptors (Lipinski definition) is 4. The van der Waals surface area contributed by atoms with E-state index in [9.17, 15) is 4.79 Å². The Labute approximate surface area is 118 Å². The van der Waals surface area contributed by atoms with E-state index in [-0.39, 0.29) is 12.0 Å². The number of fused-ring (bicyclic) bond motifs is 1. The van der Waals surface area contributed by atoms with Gasteiger partial charge in [0.2, 0.25) is 0 Å². The summed E-state index contributed by atoms with van der Waals surface area (Å²) in [4.78, 5) is 16.3. The number of nitrogens with one attached hydrogen (secondary N) is 1. The third kappa shape index (κ3) is 2.48. The highest BCUT2D eigenvalue weighted by Crippen LogP contribution is 2.20. The maximum Gasteiger partial charge on any atom is 0.273 e. The average Bonchev–Trinajstić information content (AvgIpc) is 3.05. The molecule has 19 heavy (non-hydrogen) atoms. The van der Waals surface area contributed by atoms with Crippen LogP contribution in [0.3, 0.4) is 0 Å². The van der Waals surface area contributed by atoms with Crippen molar-refractivity contribution in [1.82, 2.24) is 19.9 Å². The van der Waals surface area contributed by atoms with Crippen LogP contribution < -0.4 is 5.32 Å². The van der Waals surface area contributed by atoms with Gasteiger partial charge in [-0.3, -0.25) is 4.79 Å². The van der Waals surface area contributed by atoms with Crippen LogP contribution in [0.15, 0.2) is 22.9 Å². The lowest BCUT2D eigenvalue weighted by atomic mass is 10.2. The van der Waals surface area contributed by atoms with Gasteiger partial charge in [-0.2, -0.15) is 5.10 Å². The zero-order chi connectivity index (χ0) is 13.2. The summed E-state index contributed by atoms with van der Waals surface area (Å²) in [7, 11) is 0. The minimum atomic E-state index is -0.215. The molecule has 1 unspecified atom stereocenters. The molecular weight excluding hydrogens is 312 g/mol. The fraction of sp³-hybridized carbons (Fsp3) is 0.417. The summed E-state index contributed by atoms with van der Waals surface area (Å²) >= 11 is 3.37. The first-order valence-corrected chi connectivity index (χ1v) is 6.93. The Kier molecular flexibility index (Phi) is 3.48. The molecule has 1 aliphatic rings. The second-order valence-electron chi connectivity index (χ2n) is 4.40. The Bertz CT molecular complexity index is 607. The van der Waals surface area contributed by atoms with E-state index in [0.717, 1.165) is 19.4 Å². The number of ether oxygens (including phenoxy) is 1. The van der Waals surface area contributed by atoms with Crippen molar-refractivity contribution in [1.29, 1.82) is 0 Å². The fourth-order valence-electron chi connectivity index (χ4n) is 2.10. The molecule has 2 aromatic heterocycles. The summed E-state index contributed by atoms with van der Waals surface area (Å²) in [6.45, 7) is 1.30. The van der Waals surface area contributed by atoms with E-state index in [1.807, 2.05) is 0 Å². The Balaban J connectivity index is 1.75. The Hall–Kier alpha value is -1.47. The lowest BCUT2D eigenvalue weighted by Gasteiger charge is -2.09. The molecule has 1 fully saturated rings. The number of aromatic nitrogens is 3. The smallest absolute Gasteiger partial charge is 0.273 e. The van der Waals surface area contributed by atoms with Crippen molar-refractivity contribution in [2.75, 3.05) is 13.2 Å². The van der Waals surface area contributed by atoms with E-state index in [0.29, 0.717) is 22.4 Å². The van der Waals surface area contributed by atoms with Crippen LogP contribution in [-0.4, -0.2) is 39.8 Å². The number of carbonyl (C=O) groups excluding carboxylic acids is 1. The molecule has 0 aliphatic carbocycles. The summed E-state index contributed by atoms with van der Waals surface area (Å²) in [5.41, 5.74) is 0.974. The van der Waals surface area contributed by atoms with E-state index in [2.05, 4.69) is 31.3 Å². The molecule has 1 N–H and O–H groups in total. The zero-order valence-electron chi connectivity index (χ0n) is 10.2. The third-order valence-electron chi connectivity index (χ3n) is 3.07. The Morgan fingerprint density at radius 2 is 2.53 bits per heavy atom. The van der Waals surface area contributed by atoms with Gasteiger partial charge in [0.15, 0.2) is 11.3 Å². The summed E-state index contributed by atoms with van der Waals surface area (Å²) in [6, 6.07) is 1.76. The lowest BCUT2D eigenvalue weighted by Crippen LogP contribution is -2.32. The lowest BCUT2D eigenvalue weighted by molar-refractivity contribution is 0.0853. The molecule has 1 saturated heterocycles. The van der Waals surface area contributed by atoms with Gasteiger partial charge in [-0.15, -0.1) is 0 Å². The van der Waals surface area contributed by atoms with Gasteiger partial charge < -0.3 is 10.1 Å². The standard InChI is InChI=1S/C12H13BrN4O2/c13-9-10(16-17-5-2-4-14-11(9)17)12(18)15-7-8-3-1-6-19-8/h2,4-5,8H,1,3,6-7H2,(H,15,18). The molecule has 0 spiro atoms. The topological polar surface area (TPSA) is 68.5 Å². The first-order chi connectivity index (χ1) is 9.25. The summed E-state index contributed by atoms with van der Waals surface area (Å²) in [6.07, 6.45) is 5.59. The van der Waals surface area contributed by atoms with E-state index in [1.165, 1.54) is 0 Å². The van der Waals surface area contributed by atoms with Gasteiger partial charge in [-0.05, 0) is 34.8 Å². The molecule has 7 heteroatoms. The van der Waals surface area contributed by atoms with Crippen LogP contribution in [0.4, 0.5) is 0 Å². The van der Waals surface area contributed by atoms with E-state index >= 15 is 0 Å². The van der Waals surface area contributed by atoms with Crippen molar-refractivity contribution < 1.29 is 9.53 Å². The van der Waals surface area contributed by atoms with Crippen LogP contribution in [0.1, 0.15) is 23.3 Å². The number of nitrogens with zero attached hydrogens (tertiary/aromatic N) is 3. The number of rotatable bonds is 3. The normalized spacial score (nSPS) is 18.9. The summed E-state index contributed by atoms with van der Waals surface area (Å²) in [5.74, 6) is -0.215. The first kappa shape index (κ1) is 12.6. The van der Waals surface area contributed by atoms with Crippen molar-refractivity contribution in [3.05, 3.63) is 28.6 Å². The SMILES string of the molecule is O=C(NCC1CCCO1)c1nn2cccnc2c1Br. The Morgan fingerprint density at radius 3 is 3.26 bits per heavy atom.